The monoisotopic (exact) mass is 208 g/mol. The molecule has 0 N–H and O–H groups in total. The molecule has 1 aromatic carbocycles. The zero-order valence-electron chi connectivity index (χ0n) is 8.58. The molecule has 80 valence electrons. The largest absolute Gasteiger partial charge is 0.467 e. The third-order valence-corrected chi connectivity index (χ3v) is 2.02. The van der Waals surface area contributed by atoms with Crippen LogP contribution < -0.4 is 5.01 Å². The number of para-hydroxylation sites is 1. The van der Waals surface area contributed by atoms with Gasteiger partial charge in [0.05, 0.1) is 18.1 Å². The molecule has 0 amide bonds. The third kappa shape index (κ3) is 2.52. The summed E-state index contributed by atoms with van der Waals surface area (Å²) in [6.45, 7) is 1.56. The van der Waals surface area contributed by atoms with Gasteiger partial charge in [-0.2, -0.15) is 0 Å². The van der Waals surface area contributed by atoms with Crippen LogP contribution in [-0.2, 0) is 9.53 Å². The Labute approximate surface area is 87.6 Å². The zero-order chi connectivity index (χ0) is 11.3. The van der Waals surface area contributed by atoms with E-state index in [1.807, 2.05) is 6.07 Å². The summed E-state index contributed by atoms with van der Waals surface area (Å²) in [6, 6.07) is 8.00. The molecule has 0 saturated carbocycles. The number of ether oxygens (including phenoxy) is 1. The molecule has 0 bridgehead atoms. The van der Waals surface area contributed by atoms with Gasteiger partial charge in [0.15, 0.2) is 6.04 Å². The van der Waals surface area contributed by atoms with Crippen LogP contribution in [0.25, 0.3) is 0 Å². The first kappa shape index (κ1) is 11.2. The van der Waals surface area contributed by atoms with Gasteiger partial charge in [-0.25, -0.2) is 9.80 Å². The molecular formula is C10H12N2O3. The molecule has 0 heterocycles. The number of carbonyl (C=O) groups is 1. The van der Waals surface area contributed by atoms with E-state index in [1.165, 1.54) is 7.11 Å². The van der Waals surface area contributed by atoms with Gasteiger partial charge in [0.2, 0.25) is 0 Å². The molecule has 0 radical (unpaired) electrons. The minimum Gasteiger partial charge on any atom is -0.467 e. The van der Waals surface area contributed by atoms with Crippen molar-refractivity contribution >= 4 is 11.7 Å². The van der Waals surface area contributed by atoms with E-state index in [0.29, 0.717) is 5.69 Å². The van der Waals surface area contributed by atoms with Crippen molar-refractivity contribution in [1.82, 2.24) is 0 Å². The lowest BCUT2D eigenvalue weighted by molar-refractivity contribution is -0.141. The van der Waals surface area contributed by atoms with Crippen LogP contribution in [0.1, 0.15) is 6.92 Å². The van der Waals surface area contributed by atoms with Crippen LogP contribution in [0, 0.1) is 4.91 Å². The molecule has 1 rings (SSSR count). The lowest BCUT2D eigenvalue weighted by Gasteiger charge is -2.20. The Balaban J connectivity index is 2.89. The van der Waals surface area contributed by atoms with Gasteiger partial charge in [0, 0.05) is 0 Å². The third-order valence-electron chi connectivity index (χ3n) is 2.02. The van der Waals surface area contributed by atoms with E-state index in [1.54, 1.807) is 31.2 Å². The lowest BCUT2D eigenvalue weighted by atomic mass is 10.2. The maximum Gasteiger partial charge on any atom is 0.330 e. The van der Waals surface area contributed by atoms with E-state index in [4.69, 9.17) is 0 Å². The standard InChI is InChI=1S/C10H12N2O3/c1-8(10(13)15-2)12(11-14)9-6-4-3-5-7-9/h3-8H,1-2H3. The summed E-state index contributed by atoms with van der Waals surface area (Å²) in [4.78, 5) is 21.9. The first-order valence-electron chi connectivity index (χ1n) is 4.46. The van der Waals surface area contributed by atoms with Crippen molar-refractivity contribution in [1.29, 1.82) is 0 Å². The van der Waals surface area contributed by atoms with E-state index in [-0.39, 0.29) is 0 Å². The topological polar surface area (TPSA) is 59.0 Å². The SMILES string of the molecule is COC(=O)C(C)N(N=O)c1ccccc1. The van der Waals surface area contributed by atoms with E-state index in [0.717, 1.165) is 5.01 Å². The highest BCUT2D eigenvalue weighted by molar-refractivity contribution is 5.79. The number of hydrogen-bond donors (Lipinski definition) is 0. The number of hydrogen-bond acceptors (Lipinski definition) is 4. The summed E-state index contributed by atoms with van der Waals surface area (Å²) >= 11 is 0. The molecule has 0 spiro atoms. The Hall–Kier alpha value is -1.91. The Morgan fingerprint density at radius 1 is 1.40 bits per heavy atom. The Bertz CT molecular complexity index is 340. The Kier molecular flexibility index (Phi) is 3.79. The average molecular weight is 208 g/mol. The summed E-state index contributed by atoms with van der Waals surface area (Å²) in [5.41, 5.74) is 0.561. The number of anilines is 1. The molecule has 0 aliphatic carbocycles. The van der Waals surface area contributed by atoms with Crippen LogP contribution in [0.4, 0.5) is 5.69 Å². The highest BCUT2D eigenvalue weighted by atomic mass is 16.5. The van der Waals surface area contributed by atoms with Gasteiger partial charge < -0.3 is 4.74 Å². The van der Waals surface area contributed by atoms with Gasteiger partial charge in [0.25, 0.3) is 0 Å². The minimum absolute atomic E-state index is 0.501. The number of benzene rings is 1. The molecule has 0 aliphatic heterocycles. The molecule has 15 heavy (non-hydrogen) atoms. The number of methoxy groups -OCH3 is 1. The van der Waals surface area contributed by atoms with Crippen molar-refractivity contribution in [3.05, 3.63) is 35.2 Å². The number of nitrogens with zero attached hydrogens (tertiary/aromatic N) is 2. The molecule has 0 aromatic heterocycles. The van der Waals surface area contributed by atoms with Gasteiger partial charge in [0.1, 0.15) is 0 Å². The Morgan fingerprint density at radius 3 is 2.47 bits per heavy atom. The second kappa shape index (κ2) is 5.09. The van der Waals surface area contributed by atoms with Crippen LogP contribution in [0.15, 0.2) is 35.6 Å². The fraction of sp³-hybridized carbons (Fsp3) is 0.300. The fourth-order valence-electron chi connectivity index (χ4n) is 1.19. The number of nitroso groups, excluding NO2 is 1. The van der Waals surface area contributed by atoms with Crippen molar-refractivity contribution in [2.75, 3.05) is 12.1 Å². The zero-order valence-corrected chi connectivity index (χ0v) is 8.58. The highest BCUT2D eigenvalue weighted by Crippen LogP contribution is 2.17. The maximum absolute atomic E-state index is 11.2. The van der Waals surface area contributed by atoms with E-state index >= 15 is 0 Å². The fourth-order valence-corrected chi connectivity index (χ4v) is 1.19. The first-order valence-corrected chi connectivity index (χ1v) is 4.46. The van der Waals surface area contributed by atoms with Crippen LogP contribution >= 0.6 is 0 Å². The van der Waals surface area contributed by atoms with Gasteiger partial charge in [-0.15, -0.1) is 4.91 Å². The maximum atomic E-state index is 11.2. The van der Waals surface area contributed by atoms with Gasteiger partial charge in [-0.1, -0.05) is 18.2 Å². The van der Waals surface area contributed by atoms with Crippen LogP contribution in [0.5, 0.6) is 0 Å². The molecular weight excluding hydrogens is 196 g/mol. The highest BCUT2D eigenvalue weighted by Gasteiger charge is 2.23. The number of carbonyl (C=O) groups excluding carboxylic acids is 1. The van der Waals surface area contributed by atoms with Gasteiger partial charge in [-0.3, -0.25) is 0 Å². The average Bonchev–Trinajstić information content (AvgIpc) is 2.30. The molecule has 1 aromatic rings. The predicted octanol–water partition coefficient (Wildman–Crippen LogP) is 1.74. The normalized spacial score (nSPS) is 11.6. The lowest BCUT2D eigenvalue weighted by Crippen LogP contribution is -2.35. The second-order valence-corrected chi connectivity index (χ2v) is 2.96. The van der Waals surface area contributed by atoms with Gasteiger partial charge in [-0.05, 0) is 19.1 Å². The summed E-state index contributed by atoms with van der Waals surface area (Å²) in [5.74, 6) is -0.501. The molecule has 1 atom stereocenters. The summed E-state index contributed by atoms with van der Waals surface area (Å²) in [7, 11) is 1.27. The number of esters is 1. The molecule has 5 heteroatoms. The van der Waals surface area contributed by atoms with Crippen LogP contribution in [-0.4, -0.2) is 19.1 Å². The summed E-state index contributed by atoms with van der Waals surface area (Å²) < 4.78 is 4.54. The Morgan fingerprint density at radius 2 is 2.00 bits per heavy atom. The van der Waals surface area contributed by atoms with E-state index in [2.05, 4.69) is 10.0 Å². The molecule has 0 aliphatic rings. The van der Waals surface area contributed by atoms with Gasteiger partial charge >= 0.3 is 5.97 Å². The summed E-state index contributed by atoms with van der Waals surface area (Å²) in [6.07, 6.45) is 0. The van der Waals surface area contributed by atoms with E-state index < -0.39 is 12.0 Å². The van der Waals surface area contributed by atoms with Crippen molar-refractivity contribution < 1.29 is 9.53 Å². The molecule has 0 fully saturated rings. The summed E-state index contributed by atoms with van der Waals surface area (Å²) in [5, 5.41) is 3.88. The molecule has 1 unspecified atom stereocenters. The first-order chi connectivity index (χ1) is 7.20. The minimum atomic E-state index is -0.727. The van der Waals surface area contributed by atoms with Crippen molar-refractivity contribution in [2.45, 2.75) is 13.0 Å². The van der Waals surface area contributed by atoms with E-state index in [9.17, 15) is 9.70 Å². The predicted molar refractivity (Wildman–Crippen MR) is 56.2 cm³/mol. The van der Waals surface area contributed by atoms with Crippen molar-refractivity contribution in [3.63, 3.8) is 0 Å². The molecule has 0 saturated heterocycles. The number of rotatable bonds is 4. The van der Waals surface area contributed by atoms with Crippen molar-refractivity contribution in [3.8, 4) is 0 Å². The quantitative estimate of drug-likeness (QED) is 0.429. The van der Waals surface area contributed by atoms with Crippen LogP contribution in [0.3, 0.4) is 0 Å². The smallest absolute Gasteiger partial charge is 0.330 e. The second-order valence-electron chi connectivity index (χ2n) is 2.96. The molecule has 5 nitrogen and oxygen atoms in total. The van der Waals surface area contributed by atoms with Crippen molar-refractivity contribution in [2.24, 2.45) is 5.29 Å². The van der Waals surface area contributed by atoms with Crippen LogP contribution in [0.2, 0.25) is 0 Å².